The fourth-order valence-corrected chi connectivity index (χ4v) is 1.83. The number of hydrogen-bond acceptors (Lipinski definition) is 4. The predicted octanol–water partition coefficient (Wildman–Crippen LogP) is -0.608. The molecule has 6 nitrogen and oxygen atoms in total. The average molecular weight is 225 g/mol. The number of carboxylic acid groups (broad SMARTS) is 1. The topological polar surface area (TPSA) is 78.6 Å². The van der Waals surface area contributed by atoms with Gasteiger partial charge in [-0.3, -0.25) is 14.4 Å². The van der Waals surface area contributed by atoms with Gasteiger partial charge in [-0.2, -0.15) is 5.10 Å². The van der Waals surface area contributed by atoms with Crippen molar-refractivity contribution < 1.29 is 15.0 Å². The largest absolute Gasteiger partial charge is 0.481 e. The number of aromatic nitrogens is 2. The minimum atomic E-state index is -0.716. The molecule has 16 heavy (non-hydrogen) atoms. The lowest BCUT2D eigenvalue weighted by atomic mass is 10.0. The van der Waals surface area contributed by atoms with E-state index in [1.807, 2.05) is 6.20 Å². The Kier molecular flexibility index (Phi) is 3.21. The minimum absolute atomic E-state index is 0.0753. The Morgan fingerprint density at radius 3 is 2.94 bits per heavy atom. The number of carboxylic acids is 1. The van der Waals surface area contributed by atoms with Crippen LogP contribution in [0.5, 0.6) is 0 Å². The van der Waals surface area contributed by atoms with Crippen molar-refractivity contribution in [2.75, 3.05) is 19.7 Å². The molecule has 0 aliphatic carbocycles. The molecule has 2 heterocycles. The van der Waals surface area contributed by atoms with Crippen LogP contribution in [0.4, 0.5) is 0 Å². The second kappa shape index (κ2) is 4.63. The second-order valence-corrected chi connectivity index (χ2v) is 4.06. The number of carbonyl (C=O) groups is 1. The summed E-state index contributed by atoms with van der Waals surface area (Å²) in [4.78, 5) is 12.7. The quantitative estimate of drug-likeness (QED) is 0.699. The SMILES string of the molecule is O=C(O)C1CN(Cc2cnn(CCO)c2)C1. The van der Waals surface area contributed by atoms with Gasteiger partial charge in [-0.05, 0) is 0 Å². The van der Waals surface area contributed by atoms with Crippen LogP contribution >= 0.6 is 0 Å². The van der Waals surface area contributed by atoms with Crippen molar-refractivity contribution in [1.82, 2.24) is 14.7 Å². The summed E-state index contributed by atoms with van der Waals surface area (Å²) in [6.45, 7) is 2.53. The molecule has 0 saturated carbocycles. The molecule has 2 N–H and O–H groups in total. The van der Waals surface area contributed by atoms with Crippen LogP contribution in [-0.4, -0.2) is 50.6 Å². The van der Waals surface area contributed by atoms with Crippen molar-refractivity contribution in [3.05, 3.63) is 18.0 Å². The highest BCUT2D eigenvalue weighted by atomic mass is 16.4. The molecule has 1 saturated heterocycles. The molecule has 1 aromatic heterocycles. The van der Waals surface area contributed by atoms with Gasteiger partial charge >= 0.3 is 5.97 Å². The van der Waals surface area contributed by atoms with Gasteiger partial charge < -0.3 is 10.2 Å². The molecule has 1 aliphatic rings. The Labute approximate surface area is 93.1 Å². The first kappa shape index (κ1) is 11.1. The molecule has 1 aromatic rings. The van der Waals surface area contributed by atoms with Crippen molar-refractivity contribution in [1.29, 1.82) is 0 Å². The first-order valence-electron chi connectivity index (χ1n) is 5.26. The molecule has 0 amide bonds. The molecule has 1 fully saturated rings. The third kappa shape index (κ3) is 2.40. The number of aliphatic carboxylic acids is 1. The molecule has 0 unspecified atom stereocenters. The fraction of sp³-hybridized carbons (Fsp3) is 0.600. The van der Waals surface area contributed by atoms with Crippen LogP contribution in [-0.2, 0) is 17.9 Å². The fourth-order valence-electron chi connectivity index (χ4n) is 1.83. The Hall–Kier alpha value is -1.40. The molecule has 0 aromatic carbocycles. The summed E-state index contributed by atoms with van der Waals surface area (Å²) in [7, 11) is 0. The van der Waals surface area contributed by atoms with Crippen LogP contribution < -0.4 is 0 Å². The summed E-state index contributed by atoms with van der Waals surface area (Å²) in [5.74, 6) is -0.931. The summed E-state index contributed by atoms with van der Waals surface area (Å²) in [6.07, 6.45) is 3.63. The van der Waals surface area contributed by atoms with E-state index in [1.54, 1.807) is 10.9 Å². The van der Waals surface area contributed by atoms with Crippen LogP contribution in [0, 0.1) is 5.92 Å². The van der Waals surface area contributed by atoms with E-state index in [-0.39, 0.29) is 12.5 Å². The van der Waals surface area contributed by atoms with E-state index in [0.29, 0.717) is 19.6 Å². The number of likely N-dealkylation sites (tertiary alicyclic amines) is 1. The van der Waals surface area contributed by atoms with Gasteiger partial charge in [0.2, 0.25) is 0 Å². The number of rotatable bonds is 5. The highest BCUT2D eigenvalue weighted by Gasteiger charge is 2.32. The molecule has 88 valence electrons. The van der Waals surface area contributed by atoms with E-state index in [4.69, 9.17) is 10.2 Å². The van der Waals surface area contributed by atoms with Crippen molar-refractivity contribution in [3.63, 3.8) is 0 Å². The molecule has 0 bridgehead atoms. The third-order valence-corrected chi connectivity index (χ3v) is 2.73. The summed E-state index contributed by atoms with van der Waals surface area (Å²) in [5.41, 5.74) is 1.05. The van der Waals surface area contributed by atoms with Gasteiger partial charge in [-0.15, -0.1) is 0 Å². The second-order valence-electron chi connectivity index (χ2n) is 4.06. The minimum Gasteiger partial charge on any atom is -0.481 e. The van der Waals surface area contributed by atoms with Gasteiger partial charge in [0.05, 0.1) is 25.3 Å². The number of nitrogens with zero attached hydrogens (tertiary/aromatic N) is 3. The standard InChI is InChI=1S/C10H15N3O3/c14-2-1-13-5-8(3-11-13)4-12-6-9(7-12)10(15)16/h3,5,9,14H,1-2,4,6-7H2,(H,15,16). The average Bonchev–Trinajstić information content (AvgIpc) is 2.58. The zero-order chi connectivity index (χ0) is 11.5. The molecular formula is C10H15N3O3. The van der Waals surface area contributed by atoms with E-state index in [1.165, 1.54) is 0 Å². The van der Waals surface area contributed by atoms with E-state index in [2.05, 4.69) is 10.00 Å². The number of aliphatic hydroxyl groups excluding tert-OH is 1. The highest BCUT2D eigenvalue weighted by molar-refractivity contribution is 5.71. The highest BCUT2D eigenvalue weighted by Crippen LogP contribution is 2.18. The summed E-state index contributed by atoms with van der Waals surface area (Å²) in [6, 6.07) is 0. The number of hydrogen-bond donors (Lipinski definition) is 2. The Bertz CT molecular complexity index is 371. The van der Waals surface area contributed by atoms with Crippen molar-refractivity contribution in [2.45, 2.75) is 13.1 Å². The predicted molar refractivity (Wildman–Crippen MR) is 55.7 cm³/mol. The summed E-state index contributed by atoms with van der Waals surface area (Å²) >= 11 is 0. The molecule has 0 radical (unpaired) electrons. The molecule has 1 aliphatic heterocycles. The van der Waals surface area contributed by atoms with Gasteiger partial charge in [-0.25, -0.2) is 0 Å². The smallest absolute Gasteiger partial charge is 0.309 e. The van der Waals surface area contributed by atoms with Crippen molar-refractivity contribution in [3.8, 4) is 0 Å². The van der Waals surface area contributed by atoms with Gasteiger partial charge in [-0.1, -0.05) is 0 Å². The van der Waals surface area contributed by atoms with Crippen LogP contribution in [0.25, 0.3) is 0 Å². The van der Waals surface area contributed by atoms with Crippen molar-refractivity contribution in [2.24, 2.45) is 5.92 Å². The molecule has 2 rings (SSSR count). The lowest BCUT2D eigenvalue weighted by Crippen LogP contribution is -2.49. The zero-order valence-corrected chi connectivity index (χ0v) is 8.91. The molecule has 0 spiro atoms. The summed E-state index contributed by atoms with van der Waals surface area (Å²) < 4.78 is 1.68. The van der Waals surface area contributed by atoms with Gasteiger partial charge in [0, 0.05) is 31.4 Å². The van der Waals surface area contributed by atoms with Gasteiger partial charge in [0.1, 0.15) is 0 Å². The lowest BCUT2D eigenvalue weighted by Gasteiger charge is -2.36. The van der Waals surface area contributed by atoms with Crippen LogP contribution in [0.15, 0.2) is 12.4 Å². The zero-order valence-electron chi connectivity index (χ0n) is 8.91. The third-order valence-electron chi connectivity index (χ3n) is 2.73. The monoisotopic (exact) mass is 225 g/mol. The maximum Gasteiger partial charge on any atom is 0.309 e. The van der Waals surface area contributed by atoms with E-state index < -0.39 is 5.97 Å². The van der Waals surface area contributed by atoms with Crippen LogP contribution in [0.1, 0.15) is 5.56 Å². The maximum atomic E-state index is 10.6. The Morgan fingerprint density at radius 2 is 2.31 bits per heavy atom. The Morgan fingerprint density at radius 1 is 1.56 bits per heavy atom. The summed E-state index contributed by atoms with van der Waals surface area (Å²) in [5, 5.41) is 21.5. The van der Waals surface area contributed by atoms with Crippen LogP contribution in [0.3, 0.4) is 0 Å². The van der Waals surface area contributed by atoms with Crippen LogP contribution in [0.2, 0.25) is 0 Å². The molecule has 6 heteroatoms. The number of aliphatic hydroxyl groups is 1. The van der Waals surface area contributed by atoms with Gasteiger partial charge in [0.25, 0.3) is 0 Å². The molecule has 0 atom stereocenters. The first-order valence-corrected chi connectivity index (χ1v) is 5.26. The van der Waals surface area contributed by atoms with E-state index in [0.717, 1.165) is 12.1 Å². The Balaban J connectivity index is 1.80. The van der Waals surface area contributed by atoms with Gasteiger partial charge in [0.15, 0.2) is 0 Å². The normalized spacial score (nSPS) is 17.3. The maximum absolute atomic E-state index is 10.6. The lowest BCUT2D eigenvalue weighted by molar-refractivity contribution is -0.147. The van der Waals surface area contributed by atoms with E-state index in [9.17, 15) is 4.79 Å². The van der Waals surface area contributed by atoms with E-state index >= 15 is 0 Å². The molecular weight excluding hydrogens is 210 g/mol. The van der Waals surface area contributed by atoms with Crippen molar-refractivity contribution >= 4 is 5.97 Å². The first-order chi connectivity index (χ1) is 7.69.